The SMILES string of the molecule is O=C(NCC[N+]12CCC(CC1)C(OC(=O)C([O-])(c1ccccc1)c1ccccc1)C2)c1ccccc1. The van der Waals surface area contributed by atoms with E-state index in [1.807, 2.05) is 30.3 Å². The Morgan fingerprint density at radius 1 is 0.861 bits per heavy atom. The Kier molecular flexibility index (Phi) is 6.90. The van der Waals surface area contributed by atoms with Crippen LogP contribution in [-0.4, -0.2) is 55.2 Å². The molecular weight excluding hydrogens is 452 g/mol. The van der Waals surface area contributed by atoms with Gasteiger partial charge < -0.3 is 19.6 Å². The van der Waals surface area contributed by atoms with Crippen LogP contribution in [0.3, 0.4) is 0 Å². The van der Waals surface area contributed by atoms with Gasteiger partial charge in [-0.1, -0.05) is 78.9 Å². The lowest BCUT2D eigenvalue weighted by Crippen LogP contribution is -2.66. The van der Waals surface area contributed by atoms with Crippen molar-refractivity contribution in [2.24, 2.45) is 5.92 Å². The van der Waals surface area contributed by atoms with Gasteiger partial charge in [0.2, 0.25) is 0 Å². The quantitative estimate of drug-likeness (QED) is 0.394. The number of ether oxygens (including phenoxy) is 1. The molecule has 1 unspecified atom stereocenters. The first-order valence-corrected chi connectivity index (χ1v) is 12.7. The van der Waals surface area contributed by atoms with Crippen LogP contribution in [0.2, 0.25) is 0 Å². The van der Waals surface area contributed by atoms with Crippen molar-refractivity contribution in [3.05, 3.63) is 108 Å². The summed E-state index contributed by atoms with van der Waals surface area (Å²) in [5.41, 5.74) is -0.705. The lowest BCUT2D eigenvalue weighted by atomic mass is 9.82. The van der Waals surface area contributed by atoms with E-state index in [-0.39, 0.29) is 17.9 Å². The predicted molar refractivity (Wildman–Crippen MR) is 135 cm³/mol. The van der Waals surface area contributed by atoms with E-state index in [1.165, 1.54) is 0 Å². The number of hydrogen-bond acceptors (Lipinski definition) is 4. The Hall–Kier alpha value is -3.48. The van der Waals surface area contributed by atoms with E-state index in [4.69, 9.17) is 4.74 Å². The van der Waals surface area contributed by atoms with Gasteiger partial charge in [0.05, 0.1) is 26.2 Å². The van der Waals surface area contributed by atoms with Crippen molar-refractivity contribution >= 4 is 11.9 Å². The molecule has 3 aromatic carbocycles. The van der Waals surface area contributed by atoms with Gasteiger partial charge in [0.1, 0.15) is 6.54 Å². The van der Waals surface area contributed by atoms with Gasteiger partial charge in [-0.25, -0.2) is 0 Å². The number of hydrogen-bond donors (Lipinski definition) is 1. The van der Waals surface area contributed by atoms with Gasteiger partial charge in [0.25, 0.3) is 5.91 Å². The van der Waals surface area contributed by atoms with Crippen LogP contribution in [0.4, 0.5) is 0 Å². The maximum Gasteiger partial charge on any atom is 0.304 e. The van der Waals surface area contributed by atoms with Gasteiger partial charge in [-0.2, -0.15) is 0 Å². The van der Waals surface area contributed by atoms with Crippen LogP contribution in [0.5, 0.6) is 0 Å². The molecule has 0 aliphatic carbocycles. The van der Waals surface area contributed by atoms with E-state index in [9.17, 15) is 14.7 Å². The van der Waals surface area contributed by atoms with Crippen molar-refractivity contribution in [2.45, 2.75) is 24.5 Å². The molecule has 36 heavy (non-hydrogen) atoms. The van der Waals surface area contributed by atoms with Gasteiger partial charge in [-0.3, -0.25) is 9.59 Å². The number of quaternary nitrogens is 1. The van der Waals surface area contributed by atoms with Crippen LogP contribution < -0.4 is 10.4 Å². The molecule has 3 fully saturated rings. The van der Waals surface area contributed by atoms with Crippen molar-refractivity contribution in [1.29, 1.82) is 0 Å². The topological polar surface area (TPSA) is 78.5 Å². The lowest BCUT2D eigenvalue weighted by Gasteiger charge is -2.52. The maximum atomic E-state index is 14.2. The number of carbonyl (C=O) groups excluding carboxylic acids is 2. The molecule has 0 spiro atoms. The van der Waals surface area contributed by atoms with Crippen molar-refractivity contribution in [1.82, 2.24) is 5.32 Å². The Balaban J connectivity index is 1.28. The first-order chi connectivity index (χ1) is 17.5. The van der Waals surface area contributed by atoms with E-state index in [0.717, 1.165) is 37.0 Å². The molecule has 2 bridgehead atoms. The first-order valence-electron chi connectivity index (χ1n) is 12.7. The lowest BCUT2D eigenvalue weighted by molar-refractivity contribution is -0.945. The van der Waals surface area contributed by atoms with E-state index >= 15 is 0 Å². The zero-order valence-corrected chi connectivity index (χ0v) is 20.3. The zero-order chi connectivity index (χ0) is 25.0. The second-order valence-corrected chi connectivity index (χ2v) is 10.0. The Morgan fingerprint density at radius 2 is 1.39 bits per heavy atom. The summed E-state index contributed by atoms with van der Waals surface area (Å²) in [6.45, 7) is 4.01. The highest BCUT2D eigenvalue weighted by Crippen LogP contribution is 2.37. The number of esters is 1. The molecule has 1 atom stereocenters. The normalized spacial score (nSPS) is 23.1. The van der Waals surface area contributed by atoms with E-state index in [0.29, 0.717) is 29.8 Å². The van der Waals surface area contributed by atoms with Gasteiger partial charge in [0, 0.05) is 29.9 Å². The molecule has 3 saturated heterocycles. The van der Waals surface area contributed by atoms with E-state index in [1.54, 1.807) is 60.7 Å². The molecule has 3 aliphatic rings. The second kappa shape index (κ2) is 10.2. The van der Waals surface area contributed by atoms with Crippen molar-refractivity contribution in [2.75, 3.05) is 32.7 Å². The van der Waals surface area contributed by atoms with Crippen LogP contribution in [-0.2, 0) is 15.1 Å². The van der Waals surface area contributed by atoms with Gasteiger partial charge in [-0.05, 0) is 23.3 Å². The summed E-state index contributed by atoms with van der Waals surface area (Å²) >= 11 is 0. The molecule has 3 heterocycles. The number of rotatable bonds is 8. The summed E-state index contributed by atoms with van der Waals surface area (Å²) in [6.07, 6.45) is 1.60. The number of nitrogens with one attached hydrogen (secondary N) is 1. The van der Waals surface area contributed by atoms with Crippen LogP contribution in [0, 0.1) is 5.92 Å². The zero-order valence-electron chi connectivity index (χ0n) is 20.3. The van der Waals surface area contributed by atoms with Gasteiger partial charge >= 0.3 is 5.97 Å². The van der Waals surface area contributed by atoms with Crippen LogP contribution in [0.15, 0.2) is 91.0 Å². The minimum absolute atomic E-state index is 0.0782. The van der Waals surface area contributed by atoms with Crippen LogP contribution >= 0.6 is 0 Å². The highest BCUT2D eigenvalue weighted by molar-refractivity contribution is 5.94. The van der Waals surface area contributed by atoms with Crippen LogP contribution in [0.25, 0.3) is 0 Å². The van der Waals surface area contributed by atoms with Crippen molar-refractivity contribution in [3.8, 4) is 0 Å². The van der Waals surface area contributed by atoms with Crippen molar-refractivity contribution in [3.63, 3.8) is 0 Å². The molecular formula is C30H32N2O4. The largest absolute Gasteiger partial charge is 0.834 e. The Labute approximate surface area is 212 Å². The second-order valence-electron chi connectivity index (χ2n) is 10.0. The minimum Gasteiger partial charge on any atom is -0.834 e. The Bertz CT molecular complexity index is 1140. The first kappa shape index (κ1) is 24.2. The summed E-state index contributed by atoms with van der Waals surface area (Å²) in [5.74, 6) is -0.552. The summed E-state index contributed by atoms with van der Waals surface area (Å²) in [7, 11) is 0. The molecule has 3 aliphatic heterocycles. The number of nitrogens with zero attached hydrogens (tertiary/aromatic N) is 1. The third-order valence-electron chi connectivity index (χ3n) is 7.86. The fourth-order valence-electron chi connectivity index (χ4n) is 5.74. The number of piperidine rings is 3. The fraction of sp³-hybridized carbons (Fsp3) is 0.333. The average molecular weight is 485 g/mol. The molecule has 1 amide bonds. The number of benzene rings is 3. The smallest absolute Gasteiger partial charge is 0.304 e. The molecule has 0 radical (unpaired) electrons. The van der Waals surface area contributed by atoms with Gasteiger partial charge in [-0.15, -0.1) is 0 Å². The molecule has 3 aromatic rings. The highest BCUT2D eigenvalue weighted by Gasteiger charge is 2.48. The van der Waals surface area contributed by atoms with E-state index in [2.05, 4.69) is 5.32 Å². The summed E-state index contributed by atoms with van der Waals surface area (Å²) in [5, 5.41) is 17.3. The molecule has 1 N–H and O–H groups in total. The molecule has 6 rings (SSSR count). The molecule has 6 heteroatoms. The monoisotopic (exact) mass is 484 g/mol. The minimum atomic E-state index is -2.12. The average Bonchev–Trinajstić information content (AvgIpc) is 2.94. The summed E-state index contributed by atoms with van der Waals surface area (Å²) in [6, 6.07) is 26.7. The summed E-state index contributed by atoms with van der Waals surface area (Å²) in [4.78, 5) is 26.0. The van der Waals surface area contributed by atoms with E-state index < -0.39 is 11.6 Å². The number of amides is 1. The van der Waals surface area contributed by atoms with Gasteiger partial charge in [0.15, 0.2) is 6.10 Å². The summed E-state index contributed by atoms with van der Waals surface area (Å²) < 4.78 is 6.86. The Morgan fingerprint density at radius 3 is 1.94 bits per heavy atom. The fourth-order valence-corrected chi connectivity index (χ4v) is 5.74. The van der Waals surface area contributed by atoms with Crippen LogP contribution in [0.1, 0.15) is 34.3 Å². The highest BCUT2D eigenvalue weighted by atomic mass is 16.6. The predicted octanol–water partition coefficient (Wildman–Crippen LogP) is 2.87. The molecule has 186 valence electrons. The number of carbonyl (C=O) groups is 2. The molecule has 0 aromatic heterocycles. The maximum absolute atomic E-state index is 14.2. The molecule has 0 saturated carbocycles. The standard InChI is InChI=1S/C30H32N2O4/c33-28(24-10-4-1-5-11-24)31-18-21-32-19-16-23(17-20-32)27(22-32)36-29(34)30(35,25-12-6-2-7-13-25)26-14-8-3-9-15-26/h1-15,23,27H,16-22H2,(H,31,33). The van der Waals surface area contributed by atoms with Crippen molar-refractivity contribution < 1.29 is 23.9 Å². The third-order valence-corrected chi connectivity index (χ3v) is 7.86. The third kappa shape index (κ3) is 4.79. The molecule has 6 nitrogen and oxygen atoms in total. The number of fused-ring (bicyclic) bond motifs is 3.